The van der Waals surface area contributed by atoms with Gasteiger partial charge in [-0.25, -0.2) is 9.69 Å². The van der Waals surface area contributed by atoms with E-state index in [2.05, 4.69) is 26.1 Å². The van der Waals surface area contributed by atoms with E-state index in [9.17, 15) is 14.4 Å². The van der Waals surface area contributed by atoms with Crippen molar-refractivity contribution in [2.75, 3.05) is 30.0 Å². The predicted molar refractivity (Wildman–Crippen MR) is 127 cm³/mol. The van der Waals surface area contributed by atoms with E-state index < -0.39 is 17.8 Å². The van der Waals surface area contributed by atoms with E-state index >= 15 is 0 Å². The fourth-order valence-electron chi connectivity index (χ4n) is 4.07. The lowest BCUT2D eigenvalue weighted by Crippen LogP contribution is -2.54. The highest BCUT2D eigenvalue weighted by Gasteiger charge is 2.37. The number of carbonyl (C=O) groups excluding carboxylic acids is 3. The Bertz CT molecular complexity index is 1120. The smallest absolute Gasteiger partial charge is 0.335 e. The molecule has 0 saturated carbocycles. The fourth-order valence-corrected chi connectivity index (χ4v) is 4.54. The summed E-state index contributed by atoms with van der Waals surface area (Å²) in [6.45, 7) is 3.78. The number of aryl methyl sites for hydroxylation is 1. The van der Waals surface area contributed by atoms with E-state index in [1.54, 1.807) is 32.2 Å². The molecule has 7 nitrogen and oxygen atoms in total. The van der Waals surface area contributed by atoms with Crippen LogP contribution in [0.15, 0.2) is 46.4 Å². The molecule has 2 aromatic rings. The van der Waals surface area contributed by atoms with Crippen molar-refractivity contribution < 1.29 is 19.1 Å². The minimum Gasteiger partial charge on any atom is -0.496 e. The SMILES string of the molecule is COc1cc(N2CCCCC2)ccc1/C=C1\C(=O)NC(=O)N(c2ccc(Br)cc2C)C1=O. The van der Waals surface area contributed by atoms with Crippen LogP contribution >= 0.6 is 15.9 Å². The summed E-state index contributed by atoms with van der Waals surface area (Å²) < 4.78 is 6.38. The summed E-state index contributed by atoms with van der Waals surface area (Å²) in [6, 6.07) is 10.2. The van der Waals surface area contributed by atoms with Crippen LogP contribution in [0.1, 0.15) is 30.4 Å². The van der Waals surface area contributed by atoms with Crippen molar-refractivity contribution in [2.24, 2.45) is 0 Å². The maximum atomic E-state index is 13.2. The van der Waals surface area contributed by atoms with Crippen LogP contribution in [0.3, 0.4) is 0 Å². The number of anilines is 2. The van der Waals surface area contributed by atoms with Crippen molar-refractivity contribution in [3.63, 3.8) is 0 Å². The van der Waals surface area contributed by atoms with E-state index in [1.807, 2.05) is 18.2 Å². The Hall–Kier alpha value is -3.13. The number of rotatable bonds is 4. The van der Waals surface area contributed by atoms with Gasteiger partial charge in [-0.05, 0) is 68.2 Å². The van der Waals surface area contributed by atoms with Gasteiger partial charge < -0.3 is 9.64 Å². The number of urea groups is 1. The van der Waals surface area contributed by atoms with E-state index in [0.29, 0.717) is 17.0 Å². The van der Waals surface area contributed by atoms with Gasteiger partial charge in [-0.1, -0.05) is 15.9 Å². The van der Waals surface area contributed by atoms with E-state index in [-0.39, 0.29) is 5.57 Å². The second-order valence-electron chi connectivity index (χ2n) is 7.86. The van der Waals surface area contributed by atoms with Gasteiger partial charge in [0.25, 0.3) is 11.8 Å². The number of nitrogens with one attached hydrogen (secondary N) is 1. The number of imide groups is 2. The summed E-state index contributed by atoms with van der Waals surface area (Å²) in [6.07, 6.45) is 5.02. The minimum atomic E-state index is -0.769. The number of barbiturate groups is 1. The third kappa shape index (κ3) is 4.27. The molecule has 0 atom stereocenters. The monoisotopic (exact) mass is 497 g/mol. The van der Waals surface area contributed by atoms with Crippen molar-refractivity contribution in [3.05, 3.63) is 57.6 Å². The molecule has 2 aliphatic heterocycles. The average Bonchev–Trinajstić information content (AvgIpc) is 2.78. The molecule has 0 bridgehead atoms. The third-order valence-electron chi connectivity index (χ3n) is 5.74. The number of hydrogen-bond donors (Lipinski definition) is 1. The first-order chi connectivity index (χ1) is 15.4. The first-order valence-electron chi connectivity index (χ1n) is 10.5. The molecule has 1 N–H and O–H groups in total. The average molecular weight is 498 g/mol. The zero-order chi connectivity index (χ0) is 22.8. The lowest BCUT2D eigenvalue weighted by molar-refractivity contribution is -0.122. The Morgan fingerprint density at radius 2 is 1.78 bits per heavy atom. The van der Waals surface area contributed by atoms with E-state index in [4.69, 9.17) is 4.74 Å². The van der Waals surface area contributed by atoms with Gasteiger partial charge >= 0.3 is 6.03 Å². The number of nitrogens with zero attached hydrogens (tertiary/aromatic N) is 2. The number of hydrogen-bond acceptors (Lipinski definition) is 5. The van der Waals surface area contributed by atoms with Crippen LogP contribution in [-0.2, 0) is 9.59 Å². The topological polar surface area (TPSA) is 79.0 Å². The highest BCUT2D eigenvalue weighted by Crippen LogP contribution is 2.31. The largest absolute Gasteiger partial charge is 0.496 e. The van der Waals surface area contributed by atoms with Crippen LogP contribution < -0.4 is 19.9 Å². The molecule has 0 unspecified atom stereocenters. The molecule has 4 rings (SSSR count). The van der Waals surface area contributed by atoms with Crippen LogP contribution in [0.5, 0.6) is 5.75 Å². The second kappa shape index (κ2) is 9.16. The minimum absolute atomic E-state index is 0.129. The number of halogens is 1. The van der Waals surface area contributed by atoms with Gasteiger partial charge in [0.2, 0.25) is 0 Å². The molecule has 166 valence electrons. The Morgan fingerprint density at radius 1 is 1.03 bits per heavy atom. The summed E-state index contributed by atoms with van der Waals surface area (Å²) >= 11 is 3.38. The number of ether oxygens (including phenoxy) is 1. The predicted octanol–water partition coefficient (Wildman–Crippen LogP) is 4.42. The van der Waals surface area contributed by atoms with Gasteiger partial charge in [0, 0.05) is 34.9 Å². The van der Waals surface area contributed by atoms with E-state index in [0.717, 1.165) is 46.6 Å². The van der Waals surface area contributed by atoms with Crippen LogP contribution in [0.25, 0.3) is 6.08 Å². The summed E-state index contributed by atoms with van der Waals surface area (Å²) in [5, 5.41) is 2.27. The molecular formula is C24H24BrN3O4. The van der Waals surface area contributed by atoms with Gasteiger partial charge in [-0.3, -0.25) is 14.9 Å². The summed E-state index contributed by atoms with van der Waals surface area (Å²) in [7, 11) is 1.56. The summed E-state index contributed by atoms with van der Waals surface area (Å²) in [5.74, 6) is -0.844. The van der Waals surface area contributed by atoms with Gasteiger partial charge in [0.05, 0.1) is 12.8 Å². The van der Waals surface area contributed by atoms with Crippen LogP contribution in [0, 0.1) is 6.92 Å². The standard InChI is InChI=1S/C24H24BrN3O4/c1-15-12-17(25)7-9-20(15)28-23(30)19(22(29)26-24(28)31)13-16-6-8-18(14-21(16)32-2)27-10-4-3-5-11-27/h6-9,12-14H,3-5,10-11H2,1-2H3,(H,26,29,31)/b19-13+. The summed E-state index contributed by atoms with van der Waals surface area (Å²) in [5.41, 5.74) is 2.65. The first kappa shape index (κ1) is 22.1. The van der Waals surface area contributed by atoms with Gasteiger partial charge in [-0.2, -0.15) is 0 Å². The van der Waals surface area contributed by atoms with Gasteiger partial charge in [0.1, 0.15) is 11.3 Å². The Morgan fingerprint density at radius 3 is 2.47 bits per heavy atom. The van der Waals surface area contributed by atoms with Crippen LogP contribution in [0.4, 0.5) is 16.2 Å². The molecule has 2 heterocycles. The number of carbonyl (C=O) groups is 3. The fraction of sp³-hybridized carbons (Fsp3) is 0.292. The molecular weight excluding hydrogens is 474 g/mol. The highest BCUT2D eigenvalue weighted by molar-refractivity contribution is 9.10. The van der Waals surface area contributed by atoms with Crippen molar-refractivity contribution in [2.45, 2.75) is 26.2 Å². The normalized spacial score (nSPS) is 18.2. The Labute approximate surface area is 195 Å². The Balaban J connectivity index is 1.69. The molecule has 2 saturated heterocycles. The van der Waals surface area contributed by atoms with Crippen molar-refractivity contribution in [3.8, 4) is 5.75 Å². The second-order valence-corrected chi connectivity index (χ2v) is 8.78. The maximum absolute atomic E-state index is 13.2. The molecule has 32 heavy (non-hydrogen) atoms. The zero-order valence-electron chi connectivity index (χ0n) is 18.0. The third-order valence-corrected chi connectivity index (χ3v) is 6.23. The van der Waals surface area contributed by atoms with Crippen molar-refractivity contribution in [1.82, 2.24) is 5.32 Å². The molecule has 4 amide bonds. The molecule has 8 heteroatoms. The maximum Gasteiger partial charge on any atom is 0.335 e. The van der Waals surface area contributed by atoms with Crippen molar-refractivity contribution >= 4 is 51.2 Å². The van der Waals surface area contributed by atoms with Crippen LogP contribution in [-0.4, -0.2) is 38.0 Å². The molecule has 0 aliphatic carbocycles. The van der Waals surface area contributed by atoms with E-state index in [1.165, 1.54) is 12.5 Å². The molecule has 2 aliphatic rings. The number of amides is 4. The summed E-state index contributed by atoms with van der Waals surface area (Å²) in [4.78, 5) is 41.6. The van der Waals surface area contributed by atoms with Crippen molar-refractivity contribution in [1.29, 1.82) is 0 Å². The quantitative estimate of drug-likeness (QED) is 0.499. The number of benzene rings is 2. The number of methoxy groups -OCH3 is 1. The molecule has 0 spiro atoms. The molecule has 2 fully saturated rings. The van der Waals surface area contributed by atoms with Gasteiger partial charge in [0.15, 0.2) is 0 Å². The highest BCUT2D eigenvalue weighted by atomic mass is 79.9. The molecule has 2 aromatic carbocycles. The molecule has 0 radical (unpaired) electrons. The zero-order valence-corrected chi connectivity index (χ0v) is 19.6. The lowest BCUT2D eigenvalue weighted by atomic mass is 10.0. The number of piperidine rings is 1. The first-order valence-corrected chi connectivity index (χ1v) is 11.3. The Kier molecular flexibility index (Phi) is 6.32. The lowest BCUT2D eigenvalue weighted by Gasteiger charge is -2.29. The van der Waals surface area contributed by atoms with Gasteiger partial charge in [-0.15, -0.1) is 0 Å². The van der Waals surface area contributed by atoms with Crippen LogP contribution in [0.2, 0.25) is 0 Å². The molecule has 0 aromatic heterocycles.